The second-order valence-electron chi connectivity index (χ2n) is 5.71. The smallest absolute Gasteiger partial charge is 0.251 e. The van der Waals surface area contributed by atoms with Crippen LogP contribution in [0.2, 0.25) is 0 Å². The lowest BCUT2D eigenvalue weighted by molar-refractivity contribution is -0.127. The highest BCUT2D eigenvalue weighted by Crippen LogP contribution is 2.19. The van der Waals surface area contributed by atoms with E-state index in [4.69, 9.17) is 5.73 Å². The van der Waals surface area contributed by atoms with Gasteiger partial charge in [0.25, 0.3) is 5.91 Å². The van der Waals surface area contributed by atoms with E-state index in [1.54, 1.807) is 29.4 Å². The van der Waals surface area contributed by atoms with Crippen LogP contribution in [0.15, 0.2) is 36.7 Å². The van der Waals surface area contributed by atoms with Gasteiger partial charge in [0, 0.05) is 43.0 Å². The molecule has 3 N–H and O–H groups in total. The van der Waals surface area contributed by atoms with Crippen molar-refractivity contribution in [2.24, 2.45) is 0 Å². The lowest BCUT2D eigenvalue weighted by atomic mass is 10.1. The summed E-state index contributed by atoms with van der Waals surface area (Å²) >= 11 is 0. The molecule has 2 aromatic rings. The Morgan fingerprint density at radius 2 is 1.92 bits per heavy atom. The number of hydrogen-bond donors (Lipinski definition) is 2. The summed E-state index contributed by atoms with van der Waals surface area (Å²) in [6, 6.07) is 7.03. The number of aromatic nitrogens is 2. The van der Waals surface area contributed by atoms with Crippen LogP contribution in [0.3, 0.4) is 0 Å². The third-order valence-electron chi connectivity index (χ3n) is 4.08. The quantitative estimate of drug-likeness (QED) is 0.876. The summed E-state index contributed by atoms with van der Waals surface area (Å²) in [6.07, 6.45) is 3.64. The topological polar surface area (TPSA) is 101 Å². The molecule has 0 radical (unpaired) electrons. The molecule has 0 aliphatic carbocycles. The highest BCUT2D eigenvalue weighted by molar-refractivity contribution is 5.95. The molecular formula is C17H19N5O2. The first-order valence-electron chi connectivity index (χ1n) is 7.83. The molecule has 7 nitrogen and oxygen atoms in total. The van der Waals surface area contributed by atoms with Gasteiger partial charge in [0.2, 0.25) is 11.9 Å². The SMILES string of the molecule is CCN1CC(NC(=O)c2ccc(-c3cnc(N)nc3)cc2)CC1=O. The molecule has 1 unspecified atom stereocenters. The van der Waals surface area contributed by atoms with E-state index in [0.29, 0.717) is 25.1 Å². The van der Waals surface area contributed by atoms with E-state index >= 15 is 0 Å². The van der Waals surface area contributed by atoms with E-state index < -0.39 is 0 Å². The van der Waals surface area contributed by atoms with Crippen molar-refractivity contribution in [1.29, 1.82) is 0 Å². The number of hydrogen-bond acceptors (Lipinski definition) is 5. The summed E-state index contributed by atoms with van der Waals surface area (Å²) in [5.74, 6) is 0.134. The number of anilines is 1. The van der Waals surface area contributed by atoms with Crippen LogP contribution >= 0.6 is 0 Å². The molecule has 7 heteroatoms. The molecule has 1 aromatic carbocycles. The summed E-state index contributed by atoms with van der Waals surface area (Å²) in [6.45, 7) is 3.17. The second kappa shape index (κ2) is 6.66. The molecule has 0 bridgehead atoms. The molecule has 0 spiro atoms. The van der Waals surface area contributed by atoms with Gasteiger partial charge in [0.1, 0.15) is 0 Å². The number of nitrogens with two attached hydrogens (primary N) is 1. The highest BCUT2D eigenvalue weighted by atomic mass is 16.2. The maximum Gasteiger partial charge on any atom is 0.251 e. The van der Waals surface area contributed by atoms with Crippen molar-refractivity contribution in [2.45, 2.75) is 19.4 Å². The van der Waals surface area contributed by atoms with Gasteiger partial charge in [-0.1, -0.05) is 12.1 Å². The van der Waals surface area contributed by atoms with Crippen LogP contribution in [0.1, 0.15) is 23.7 Å². The van der Waals surface area contributed by atoms with Crippen LogP contribution < -0.4 is 11.1 Å². The summed E-state index contributed by atoms with van der Waals surface area (Å²) in [5, 5.41) is 2.91. The average Bonchev–Trinajstić information content (AvgIpc) is 2.95. The predicted octanol–water partition coefficient (Wildman–Crippen LogP) is 1.08. The number of carbonyl (C=O) groups excluding carboxylic acids is 2. The minimum Gasteiger partial charge on any atom is -0.368 e. The Morgan fingerprint density at radius 1 is 1.25 bits per heavy atom. The normalized spacial score (nSPS) is 17.1. The first-order chi connectivity index (χ1) is 11.6. The Kier molecular flexibility index (Phi) is 4.41. The molecule has 124 valence electrons. The van der Waals surface area contributed by atoms with Gasteiger partial charge in [0.05, 0.1) is 6.04 Å². The van der Waals surface area contributed by atoms with Crippen LogP contribution in [0.5, 0.6) is 0 Å². The third-order valence-corrected chi connectivity index (χ3v) is 4.08. The Labute approximate surface area is 139 Å². The van der Waals surface area contributed by atoms with Gasteiger partial charge in [-0.05, 0) is 24.6 Å². The molecule has 0 saturated carbocycles. The van der Waals surface area contributed by atoms with Crippen molar-refractivity contribution in [1.82, 2.24) is 20.2 Å². The molecule has 2 heterocycles. The van der Waals surface area contributed by atoms with Crippen LogP contribution in [-0.2, 0) is 4.79 Å². The first kappa shape index (κ1) is 15.9. The molecule has 24 heavy (non-hydrogen) atoms. The Morgan fingerprint density at radius 3 is 2.50 bits per heavy atom. The van der Waals surface area contributed by atoms with Gasteiger partial charge in [-0.25, -0.2) is 9.97 Å². The number of amides is 2. The van der Waals surface area contributed by atoms with Crippen molar-refractivity contribution < 1.29 is 9.59 Å². The Balaban J connectivity index is 1.66. The maximum atomic E-state index is 12.3. The lowest BCUT2D eigenvalue weighted by Gasteiger charge is -2.14. The predicted molar refractivity (Wildman–Crippen MR) is 90.0 cm³/mol. The monoisotopic (exact) mass is 325 g/mol. The van der Waals surface area contributed by atoms with Crippen molar-refractivity contribution >= 4 is 17.8 Å². The molecule has 1 saturated heterocycles. The van der Waals surface area contributed by atoms with Gasteiger partial charge in [-0.2, -0.15) is 0 Å². The second-order valence-corrected chi connectivity index (χ2v) is 5.71. The van der Waals surface area contributed by atoms with Crippen molar-refractivity contribution in [2.75, 3.05) is 18.8 Å². The highest BCUT2D eigenvalue weighted by Gasteiger charge is 2.29. The molecule has 1 atom stereocenters. The minimum absolute atomic E-state index is 0.0847. The van der Waals surface area contributed by atoms with Gasteiger partial charge in [-0.3, -0.25) is 9.59 Å². The van der Waals surface area contributed by atoms with Crippen molar-refractivity contribution in [3.63, 3.8) is 0 Å². The van der Waals surface area contributed by atoms with E-state index in [1.165, 1.54) is 0 Å². The summed E-state index contributed by atoms with van der Waals surface area (Å²) in [4.78, 5) is 33.7. The minimum atomic E-state index is -0.175. The van der Waals surface area contributed by atoms with E-state index in [2.05, 4.69) is 15.3 Å². The van der Waals surface area contributed by atoms with Gasteiger partial charge < -0.3 is 16.0 Å². The molecular weight excluding hydrogens is 306 g/mol. The number of nitrogens with one attached hydrogen (secondary N) is 1. The van der Waals surface area contributed by atoms with Crippen LogP contribution in [0, 0.1) is 0 Å². The standard InChI is InChI=1S/C17H19N5O2/c1-2-22-10-14(7-15(22)23)21-16(24)12-5-3-11(4-6-12)13-8-19-17(18)20-9-13/h3-6,8-9,14H,2,7,10H2,1H3,(H,21,24)(H2,18,19,20). The fourth-order valence-corrected chi connectivity index (χ4v) is 2.74. The Bertz CT molecular complexity index is 743. The molecule has 1 fully saturated rings. The van der Waals surface area contributed by atoms with Gasteiger partial charge >= 0.3 is 0 Å². The number of carbonyl (C=O) groups is 2. The van der Waals surface area contributed by atoms with Crippen molar-refractivity contribution in [3.8, 4) is 11.1 Å². The zero-order valence-electron chi connectivity index (χ0n) is 13.4. The zero-order valence-corrected chi connectivity index (χ0v) is 13.4. The van der Waals surface area contributed by atoms with E-state index in [-0.39, 0.29) is 23.8 Å². The first-order valence-corrected chi connectivity index (χ1v) is 7.83. The Hall–Kier alpha value is -2.96. The maximum absolute atomic E-state index is 12.3. The van der Waals surface area contributed by atoms with E-state index in [1.807, 2.05) is 19.1 Å². The molecule has 1 aliphatic heterocycles. The largest absolute Gasteiger partial charge is 0.368 e. The zero-order chi connectivity index (χ0) is 17.1. The average molecular weight is 325 g/mol. The van der Waals surface area contributed by atoms with Crippen LogP contribution in [0.25, 0.3) is 11.1 Å². The summed E-state index contributed by atoms with van der Waals surface area (Å²) < 4.78 is 0. The number of likely N-dealkylation sites (tertiary alicyclic amines) is 1. The van der Waals surface area contributed by atoms with E-state index in [0.717, 1.165) is 11.1 Å². The van der Waals surface area contributed by atoms with E-state index in [9.17, 15) is 9.59 Å². The van der Waals surface area contributed by atoms with Crippen LogP contribution in [0.4, 0.5) is 5.95 Å². The van der Waals surface area contributed by atoms with Crippen molar-refractivity contribution in [3.05, 3.63) is 42.2 Å². The molecule has 2 amide bonds. The van der Waals surface area contributed by atoms with Gasteiger partial charge in [-0.15, -0.1) is 0 Å². The number of rotatable bonds is 4. The van der Waals surface area contributed by atoms with Crippen LogP contribution in [-0.4, -0.2) is 45.8 Å². The fourth-order valence-electron chi connectivity index (χ4n) is 2.74. The number of benzene rings is 1. The number of likely N-dealkylation sites (N-methyl/N-ethyl adjacent to an activating group) is 1. The lowest BCUT2D eigenvalue weighted by Crippen LogP contribution is -2.37. The summed E-state index contributed by atoms with van der Waals surface area (Å²) in [5.41, 5.74) is 7.76. The number of nitrogens with zero attached hydrogens (tertiary/aromatic N) is 3. The van der Waals surface area contributed by atoms with Gasteiger partial charge in [0.15, 0.2) is 0 Å². The molecule has 1 aromatic heterocycles. The molecule has 3 rings (SSSR count). The number of nitrogen functional groups attached to an aromatic ring is 1. The fraction of sp³-hybridized carbons (Fsp3) is 0.294. The molecule has 1 aliphatic rings. The third kappa shape index (κ3) is 3.34. The summed E-state index contributed by atoms with van der Waals surface area (Å²) in [7, 11) is 0.